The van der Waals surface area contributed by atoms with E-state index < -0.39 is 5.97 Å². The molecule has 0 amide bonds. The summed E-state index contributed by atoms with van der Waals surface area (Å²) in [5.41, 5.74) is 1.31. The minimum atomic E-state index is -0.519. The zero-order chi connectivity index (χ0) is 22.5. The number of thioether (sulfide) groups is 1. The van der Waals surface area contributed by atoms with Gasteiger partial charge in [-0.15, -0.1) is 0 Å². The largest absolute Gasteiger partial charge is 0.463 e. The van der Waals surface area contributed by atoms with Crippen LogP contribution in [0.2, 0.25) is 0 Å². The van der Waals surface area contributed by atoms with Crippen molar-refractivity contribution in [2.45, 2.75) is 57.2 Å². The molecule has 0 aliphatic rings. The molecule has 0 saturated heterocycles. The van der Waals surface area contributed by atoms with Crippen molar-refractivity contribution in [2.24, 2.45) is 0 Å². The Bertz CT molecular complexity index is 1100. The molecule has 0 saturated carbocycles. The molecule has 0 fully saturated rings. The number of esters is 1. The molecule has 0 N–H and O–H groups in total. The lowest BCUT2D eigenvalue weighted by Crippen LogP contribution is -2.40. The Morgan fingerprint density at radius 1 is 1.19 bits per heavy atom. The van der Waals surface area contributed by atoms with Gasteiger partial charge in [-0.3, -0.25) is 14.3 Å². The van der Waals surface area contributed by atoms with E-state index >= 15 is 0 Å². The molecule has 166 valence electrons. The van der Waals surface area contributed by atoms with E-state index in [1.165, 1.54) is 25.1 Å². The highest BCUT2D eigenvalue weighted by Gasteiger charge is 2.19. The number of furan rings is 1. The number of para-hydroxylation sites is 1. The van der Waals surface area contributed by atoms with E-state index in [2.05, 4.69) is 32.6 Å². The number of methoxy groups -OCH3 is 1. The van der Waals surface area contributed by atoms with Gasteiger partial charge in [-0.1, -0.05) is 23.9 Å². The lowest BCUT2D eigenvalue weighted by Gasteiger charge is -2.30. The third kappa shape index (κ3) is 5.19. The summed E-state index contributed by atoms with van der Waals surface area (Å²) >= 11 is 1.41. The van der Waals surface area contributed by atoms with Gasteiger partial charge in [0.1, 0.15) is 0 Å². The minimum Gasteiger partial charge on any atom is -0.463 e. The van der Waals surface area contributed by atoms with Gasteiger partial charge < -0.3 is 9.15 Å². The Balaban J connectivity index is 1.94. The summed E-state index contributed by atoms with van der Waals surface area (Å²) in [6, 6.07) is 9.86. The molecule has 3 aromatic rings. The summed E-state index contributed by atoms with van der Waals surface area (Å²) in [5, 5.41) is 1.22. The van der Waals surface area contributed by atoms with E-state index in [0.29, 0.717) is 46.0 Å². The molecule has 0 bridgehead atoms. The van der Waals surface area contributed by atoms with Crippen molar-refractivity contribution in [3.05, 3.63) is 58.3 Å². The Hall–Kier alpha value is -2.58. The molecule has 7 nitrogen and oxygen atoms in total. The number of rotatable bonds is 9. The molecule has 0 radical (unpaired) electrons. The molecule has 8 heteroatoms. The second-order valence-corrected chi connectivity index (χ2v) is 8.79. The van der Waals surface area contributed by atoms with Crippen molar-refractivity contribution in [1.29, 1.82) is 0 Å². The van der Waals surface area contributed by atoms with Crippen LogP contribution in [0.15, 0.2) is 51.0 Å². The Kier molecular flexibility index (Phi) is 7.56. The Morgan fingerprint density at radius 2 is 1.90 bits per heavy atom. The lowest BCUT2D eigenvalue weighted by molar-refractivity contribution is 0.0564. The van der Waals surface area contributed by atoms with Gasteiger partial charge in [-0.2, -0.15) is 0 Å². The van der Waals surface area contributed by atoms with Crippen LogP contribution in [0.3, 0.4) is 0 Å². The molecule has 0 spiro atoms. The number of nitrogens with zero attached hydrogens (tertiary/aromatic N) is 3. The smallest absolute Gasteiger partial charge is 0.374 e. The van der Waals surface area contributed by atoms with Gasteiger partial charge in [0, 0.05) is 36.5 Å². The fraction of sp³-hybridized carbons (Fsp3) is 0.435. The molecular formula is C23H29N3O4S. The average molecular weight is 444 g/mol. The summed E-state index contributed by atoms with van der Waals surface area (Å²) in [6.45, 7) is 9.90. The number of aromatic nitrogens is 2. The first-order chi connectivity index (χ1) is 14.8. The molecule has 2 aromatic heterocycles. The van der Waals surface area contributed by atoms with Gasteiger partial charge in [0.2, 0.25) is 5.76 Å². The van der Waals surface area contributed by atoms with E-state index in [-0.39, 0.29) is 11.3 Å². The second-order valence-electron chi connectivity index (χ2n) is 7.85. The maximum Gasteiger partial charge on any atom is 0.374 e. The lowest BCUT2D eigenvalue weighted by atomic mass is 10.2. The molecule has 2 heterocycles. The topological polar surface area (TPSA) is 77.6 Å². The molecule has 0 aliphatic heterocycles. The Morgan fingerprint density at radius 3 is 2.58 bits per heavy atom. The average Bonchev–Trinajstić information content (AvgIpc) is 3.21. The van der Waals surface area contributed by atoms with E-state index in [0.717, 1.165) is 6.54 Å². The van der Waals surface area contributed by atoms with Crippen LogP contribution >= 0.6 is 11.8 Å². The van der Waals surface area contributed by atoms with Gasteiger partial charge in [0.05, 0.1) is 24.3 Å². The fourth-order valence-corrected chi connectivity index (χ4v) is 4.65. The predicted octanol–water partition coefficient (Wildman–Crippen LogP) is 4.19. The first-order valence-electron chi connectivity index (χ1n) is 10.4. The highest BCUT2D eigenvalue weighted by atomic mass is 32.2. The zero-order valence-electron chi connectivity index (χ0n) is 18.6. The first kappa shape index (κ1) is 23.1. The van der Waals surface area contributed by atoms with Crippen LogP contribution in [-0.4, -0.2) is 46.2 Å². The molecule has 1 aromatic carbocycles. The second kappa shape index (κ2) is 10.2. The molecule has 0 unspecified atom stereocenters. The van der Waals surface area contributed by atoms with Crippen LogP contribution in [0.5, 0.6) is 0 Å². The van der Waals surface area contributed by atoms with Crippen LogP contribution in [-0.2, 0) is 17.0 Å². The summed E-state index contributed by atoms with van der Waals surface area (Å²) < 4.78 is 11.8. The number of hydrogen-bond donors (Lipinski definition) is 0. The van der Waals surface area contributed by atoms with E-state index in [1.54, 1.807) is 10.6 Å². The summed E-state index contributed by atoms with van der Waals surface area (Å²) in [6.07, 6.45) is 1.46. The van der Waals surface area contributed by atoms with E-state index in [1.807, 2.05) is 24.3 Å². The number of benzene rings is 1. The standard InChI is InChI=1S/C23H29N3O4S/c1-15(2)25(16(3)4)11-12-26-21(27)18-8-6-7-9-19(18)24-23(26)31-14-17-10-13-30-20(17)22(28)29-5/h6-10,13,15-16H,11-12,14H2,1-5H3. The van der Waals surface area contributed by atoms with E-state index in [4.69, 9.17) is 14.1 Å². The maximum atomic E-state index is 13.3. The highest BCUT2D eigenvalue weighted by molar-refractivity contribution is 7.98. The van der Waals surface area contributed by atoms with Crippen LogP contribution < -0.4 is 5.56 Å². The summed E-state index contributed by atoms with van der Waals surface area (Å²) in [7, 11) is 1.32. The van der Waals surface area contributed by atoms with Gasteiger partial charge in [-0.05, 0) is 45.9 Å². The van der Waals surface area contributed by atoms with Gasteiger partial charge in [0.25, 0.3) is 5.56 Å². The number of hydrogen-bond acceptors (Lipinski definition) is 7. The molecule has 3 rings (SSSR count). The van der Waals surface area contributed by atoms with Crippen LogP contribution in [0.4, 0.5) is 0 Å². The monoisotopic (exact) mass is 443 g/mol. The highest BCUT2D eigenvalue weighted by Crippen LogP contribution is 2.25. The van der Waals surface area contributed by atoms with Crippen LogP contribution in [0.25, 0.3) is 10.9 Å². The first-order valence-corrected chi connectivity index (χ1v) is 11.3. The van der Waals surface area contributed by atoms with Gasteiger partial charge in [0.15, 0.2) is 5.16 Å². The number of fused-ring (bicyclic) bond motifs is 1. The summed E-state index contributed by atoms with van der Waals surface area (Å²) in [4.78, 5) is 32.3. The molecule has 31 heavy (non-hydrogen) atoms. The van der Waals surface area contributed by atoms with Crippen molar-refractivity contribution in [3.63, 3.8) is 0 Å². The van der Waals surface area contributed by atoms with Crippen molar-refractivity contribution in [2.75, 3.05) is 13.7 Å². The number of ether oxygens (including phenoxy) is 1. The molecule has 0 atom stereocenters. The third-order valence-corrected chi connectivity index (χ3v) is 6.23. The van der Waals surface area contributed by atoms with Crippen molar-refractivity contribution in [3.8, 4) is 0 Å². The maximum absolute atomic E-state index is 13.3. The zero-order valence-corrected chi connectivity index (χ0v) is 19.4. The molecule has 0 aliphatic carbocycles. The van der Waals surface area contributed by atoms with Gasteiger partial charge in [-0.25, -0.2) is 9.78 Å². The minimum absolute atomic E-state index is 0.0547. The fourth-order valence-electron chi connectivity index (χ4n) is 3.65. The van der Waals surface area contributed by atoms with Crippen molar-refractivity contribution >= 4 is 28.6 Å². The van der Waals surface area contributed by atoms with Crippen LogP contribution in [0, 0.1) is 0 Å². The number of carbonyl (C=O) groups excluding carboxylic acids is 1. The normalized spacial score (nSPS) is 11.7. The van der Waals surface area contributed by atoms with Gasteiger partial charge >= 0.3 is 5.97 Å². The summed E-state index contributed by atoms with van der Waals surface area (Å²) in [5.74, 6) is 0.0912. The third-order valence-electron chi connectivity index (χ3n) is 5.21. The SMILES string of the molecule is COC(=O)c1occc1CSc1nc2ccccc2c(=O)n1CCN(C(C)C)C(C)C. The quantitative estimate of drug-likeness (QED) is 0.279. The Labute approximate surface area is 186 Å². The van der Waals surface area contributed by atoms with E-state index in [9.17, 15) is 9.59 Å². The molecular weight excluding hydrogens is 414 g/mol. The van der Waals surface area contributed by atoms with Crippen molar-refractivity contribution in [1.82, 2.24) is 14.5 Å². The number of carbonyl (C=O) groups is 1. The predicted molar refractivity (Wildman–Crippen MR) is 123 cm³/mol. The van der Waals surface area contributed by atoms with Crippen molar-refractivity contribution < 1.29 is 13.9 Å². The van der Waals surface area contributed by atoms with Crippen LogP contribution in [0.1, 0.15) is 43.8 Å².